The van der Waals surface area contributed by atoms with Crippen molar-refractivity contribution in [2.45, 2.75) is 20.3 Å². The van der Waals surface area contributed by atoms with Crippen LogP contribution in [0.15, 0.2) is 42.5 Å². The highest BCUT2D eigenvalue weighted by Gasteiger charge is 2.28. The number of sulfonamides is 1. The van der Waals surface area contributed by atoms with Crippen LogP contribution in [-0.4, -0.2) is 26.6 Å². The van der Waals surface area contributed by atoms with Gasteiger partial charge in [0.25, 0.3) is 0 Å². The number of carbonyl (C=O) groups excluding carboxylic acids is 1. The molecule has 7 heteroatoms. The van der Waals surface area contributed by atoms with Crippen molar-refractivity contribution in [3.63, 3.8) is 0 Å². The predicted octanol–water partition coefficient (Wildman–Crippen LogP) is 4.15. The minimum Gasteiger partial charge on any atom is -0.321 e. The third-order valence-electron chi connectivity index (χ3n) is 4.39. The number of nitrogens with zero attached hydrogens (tertiary/aromatic N) is 1. The molecular weight excluding hydrogens is 384 g/mol. The number of hydrogen-bond acceptors (Lipinski definition) is 3. The molecule has 0 saturated carbocycles. The Bertz CT molecular complexity index is 975. The molecule has 27 heavy (non-hydrogen) atoms. The molecule has 1 N–H and O–H groups in total. The highest BCUT2D eigenvalue weighted by molar-refractivity contribution is 7.93. The molecule has 2 aromatic rings. The lowest BCUT2D eigenvalue weighted by Gasteiger charge is -2.16. The molecule has 1 amide bonds. The van der Waals surface area contributed by atoms with Crippen molar-refractivity contribution < 1.29 is 13.2 Å². The van der Waals surface area contributed by atoms with Crippen LogP contribution in [0, 0.1) is 13.8 Å². The number of aryl methyl sites for hydroxylation is 2. The zero-order valence-electron chi connectivity index (χ0n) is 15.2. The summed E-state index contributed by atoms with van der Waals surface area (Å²) in [5.41, 5.74) is 3.99. The molecule has 1 saturated heterocycles. The van der Waals surface area contributed by atoms with Crippen molar-refractivity contribution in [2.24, 2.45) is 0 Å². The molecule has 2 aromatic carbocycles. The largest absolute Gasteiger partial charge is 0.321 e. The molecule has 1 aliphatic heterocycles. The summed E-state index contributed by atoms with van der Waals surface area (Å²) < 4.78 is 25.3. The Hall–Kier alpha value is -2.31. The predicted molar refractivity (Wildman–Crippen MR) is 111 cm³/mol. The molecule has 0 atom stereocenters. The Morgan fingerprint density at radius 2 is 1.89 bits per heavy atom. The van der Waals surface area contributed by atoms with Crippen LogP contribution in [0.25, 0.3) is 6.08 Å². The van der Waals surface area contributed by atoms with Crippen LogP contribution in [0.5, 0.6) is 0 Å². The summed E-state index contributed by atoms with van der Waals surface area (Å²) in [6, 6.07) is 10.8. The SMILES string of the molecule is Cc1cc(C)c(NC(=O)/C=C/c2ccc(N3CCCS3(=O)=O)cc2)c(Cl)c1. The van der Waals surface area contributed by atoms with Crippen molar-refractivity contribution >= 4 is 45.0 Å². The van der Waals surface area contributed by atoms with E-state index < -0.39 is 10.0 Å². The lowest BCUT2D eigenvalue weighted by Crippen LogP contribution is -2.24. The van der Waals surface area contributed by atoms with E-state index in [1.165, 1.54) is 10.4 Å². The van der Waals surface area contributed by atoms with E-state index >= 15 is 0 Å². The average Bonchev–Trinajstić information content (AvgIpc) is 2.96. The lowest BCUT2D eigenvalue weighted by molar-refractivity contribution is -0.111. The average molecular weight is 405 g/mol. The van der Waals surface area contributed by atoms with Crippen molar-refractivity contribution in [1.82, 2.24) is 0 Å². The minimum atomic E-state index is -3.19. The molecule has 0 radical (unpaired) electrons. The van der Waals surface area contributed by atoms with E-state index in [9.17, 15) is 13.2 Å². The van der Waals surface area contributed by atoms with Gasteiger partial charge in [-0.15, -0.1) is 0 Å². The fourth-order valence-corrected chi connectivity index (χ4v) is 5.02. The van der Waals surface area contributed by atoms with Gasteiger partial charge in [0.2, 0.25) is 15.9 Å². The normalized spacial score (nSPS) is 16.0. The van der Waals surface area contributed by atoms with E-state index in [-0.39, 0.29) is 11.7 Å². The minimum absolute atomic E-state index is 0.190. The molecule has 5 nitrogen and oxygen atoms in total. The molecule has 142 valence electrons. The third-order valence-corrected chi connectivity index (χ3v) is 6.56. The van der Waals surface area contributed by atoms with Crippen LogP contribution in [0.4, 0.5) is 11.4 Å². The molecule has 0 spiro atoms. The molecular formula is C20H21ClN2O3S. The molecule has 3 rings (SSSR count). The van der Waals surface area contributed by atoms with Gasteiger partial charge in [-0.25, -0.2) is 8.42 Å². The van der Waals surface area contributed by atoms with Gasteiger partial charge in [-0.2, -0.15) is 0 Å². The molecule has 0 aliphatic carbocycles. The van der Waals surface area contributed by atoms with Gasteiger partial charge in [0.05, 0.1) is 22.2 Å². The van der Waals surface area contributed by atoms with E-state index in [0.29, 0.717) is 29.4 Å². The lowest BCUT2D eigenvalue weighted by atomic mass is 10.1. The zero-order valence-corrected chi connectivity index (χ0v) is 16.8. The van der Waals surface area contributed by atoms with Gasteiger partial charge in [0.15, 0.2) is 0 Å². The van der Waals surface area contributed by atoms with E-state index in [1.807, 2.05) is 19.9 Å². The maximum atomic E-state index is 12.2. The standard InChI is InChI=1S/C20H21ClN2O3S/c1-14-12-15(2)20(18(21)13-14)22-19(24)9-6-16-4-7-17(8-5-16)23-10-3-11-27(23,25)26/h4-9,12-13H,3,10-11H2,1-2H3,(H,22,24)/b9-6+. The van der Waals surface area contributed by atoms with Crippen molar-refractivity contribution in [1.29, 1.82) is 0 Å². The van der Waals surface area contributed by atoms with Crippen LogP contribution in [0.1, 0.15) is 23.1 Å². The van der Waals surface area contributed by atoms with Gasteiger partial charge >= 0.3 is 0 Å². The smallest absolute Gasteiger partial charge is 0.248 e. The Morgan fingerprint density at radius 3 is 2.48 bits per heavy atom. The Morgan fingerprint density at radius 1 is 1.19 bits per heavy atom. The maximum absolute atomic E-state index is 12.2. The highest BCUT2D eigenvalue weighted by atomic mass is 35.5. The van der Waals surface area contributed by atoms with Crippen molar-refractivity contribution in [3.8, 4) is 0 Å². The number of halogens is 1. The number of amides is 1. The molecule has 0 bridgehead atoms. The van der Waals surface area contributed by atoms with Gasteiger partial charge in [-0.3, -0.25) is 9.10 Å². The number of carbonyl (C=O) groups is 1. The van der Waals surface area contributed by atoms with Crippen LogP contribution >= 0.6 is 11.6 Å². The monoisotopic (exact) mass is 404 g/mol. The first-order valence-corrected chi connectivity index (χ1v) is 10.6. The summed E-state index contributed by atoms with van der Waals surface area (Å²) >= 11 is 6.21. The molecule has 1 aliphatic rings. The van der Waals surface area contributed by atoms with E-state index in [2.05, 4.69) is 5.32 Å². The molecule has 0 aromatic heterocycles. The zero-order chi connectivity index (χ0) is 19.6. The Balaban J connectivity index is 1.68. The topological polar surface area (TPSA) is 66.5 Å². The fourth-order valence-electron chi connectivity index (χ4n) is 3.09. The summed E-state index contributed by atoms with van der Waals surface area (Å²) in [7, 11) is -3.19. The second-order valence-electron chi connectivity index (χ2n) is 6.59. The second kappa shape index (κ2) is 7.74. The molecule has 1 heterocycles. The highest BCUT2D eigenvalue weighted by Crippen LogP contribution is 2.27. The van der Waals surface area contributed by atoms with Crippen molar-refractivity contribution in [2.75, 3.05) is 21.9 Å². The Kier molecular flexibility index (Phi) is 5.58. The van der Waals surface area contributed by atoms with Crippen LogP contribution in [0.3, 0.4) is 0 Å². The summed E-state index contributed by atoms with van der Waals surface area (Å²) in [6.07, 6.45) is 3.75. The summed E-state index contributed by atoms with van der Waals surface area (Å²) in [5.74, 6) is -0.0921. The van der Waals surface area contributed by atoms with Gasteiger partial charge in [-0.05, 0) is 61.2 Å². The first-order chi connectivity index (χ1) is 12.8. The quantitative estimate of drug-likeness (QED) is 0.778. The first-order valence-electron chi connectivity index (χ1n) is 8.62. The number of rotatable bonds is 4. The second-order valence-corrected chi connectivity index (χ2v) is 9.01. The van der Waals surface area contributed by atoms with Gasteiger partial charge in [0.1, 0.15) is 0 Å². The summed E-state index contributed by atoms with van der Waals surface area (Å²) in [5, 5.41) is 3.30. The van der Waals surface area contributed by atoms with Crippen molar-refractivity contribution in [3.05, 3.63) is 64.2 Å². The summed E-state index contributed by atoms with van der Waals surface area (Å²) in [4.78, 5) is 12.2. The van der Waals surface area contributed by atoms with Gasteiger partial charge < -0.3 is 5.32 Å². The maximum Gasteiger partial charge on any atom is 0.248 e. The molecule has 0 unspecified atom stereocenters. The number of benzene rings is 2. The number of nitrogens with one attached hydrogen (secondary N) is 1. The summed E-state index contributed by atoms with van der Waals surface area (Å²) in [6.45, 7) is 4.35. The van der Waals surface area contributed by atoms with Gasteiger partial charge in [0, 0.05) is 12.6 Å². The third kappa shape index (κ3) is 4.51. The Labute approximate surface area is 164 Å². The molecule has 1 fully saturated rings. The van der Waals surface area contributed by atoms with E-state index in [0.717, 1.165) is 16.7 Å². The van der Waals surface area contributed by atoms with Crippen LogP contribution in [-0.2, 0) is 14.8 Å². The van der Waals surface area contributed by atoms with E-state index in [4.69, 9.17) is 11.6 Å². The van der Waals surface area contributed by atoms with Crippen LogP contribution in [0.2, 0.25) is 5.02 Å². The van der Waals surface area contributed by atoms with Crippen LogP contribution < -0.4 is 9.62 Å². The van der Waals surface area contributed by atoms with Gasteiger partial charge in [-0.1, -0.05) is 29.8 Å². The number of anilines is 2. The first kappa shape index (κ1) is 19.5. The van der Waals surface area contributed by atoms with E-state index in [1.54, 1.807) is 36.4 Å². The number of hydrogen-bond donors (Lipinski definition) is 1. The fraction of sp³-hybridized carbons (Fsp3) is 0.250.